The number of methoxy groups -OCH3 is 2. The van der Waals surface area contributed by atoms with Crippen molar-refractivity contribution in [3.05, 3.63) is 66.1 Å². The van der Waals surface area contributed by atoms with Crippen molar-refractivity contribution in [1.29, 1.82) is 0 Å². The SMILES string of the molecule is COC(=O)[C@@H]1CCCN1Cc1cn(-c2ccccc2F)nc1-c1ccc(OC)cc1. The van der Waals surface area contributed by atoms with Crippen LogP contribution in [-0.4, -0.2) is 47.5 Å². The lowest BCUT2D eigenvalue weighted by atomic mass is 10.1. The van der Waals surface area contributed by atoms with Crippen molar-refractivity contribution in [2.75, 3.05) is 20.8 Å². The van der Waals surface area contributed by atoms with Crippen molar-refractivity contribution in [1.82, 2.24) is 14.7 Å². The fraction of sp³-hybridized carbons (Fsp3) is 0.304. The molecule has 1 aliphatic rings. The van der Waals surface area contributed by atoms with Crippen LogP contribution in [0.1, 0.15) is 18.4 Å². The number of rotatable bonds is 6. The van der Waals surface area contributed by atoms with Gasteiger partial charge in [-0.15, -0.1) is 0 Å². The van der Waals surface area contributed by atoms with Gasteiger partial charge in [-0.2, -0.15) is 5.10 Å². The van der Waals surface area contributed by atoms with E-state index < -0.39 is 0 Å². The van der Waals surface area contributed by atoms with Gasteiger partial charge >= 0.3 is 5.97 Å². The predicted molar refractivity (Wildman–Crippen MR) is 111 cm³/mol. The molecule has 30 heavy (non-hydrogen) atoms. The van der Waals surface area contributed by atoms with Crippen LogP contribution >= 0.6 is 0 Å². The minimum atomic E-state index is -0.346. The number of para-hydroxylation sites is 1. The van der Waals surface area contributed by atoms with Crippen molar-refractivity contribution >= 4 is 5.97 Å². The zero-order chi connectivity index (χ0) is 21.1. The summed E-state index contributed by atoms with van der Waals surface area (Å²) in [5, 5.41) is 4.69. The molecule has 0 N–H and O–H groups in total. The maximum Gasteiger partial charge on any atom is 0.323 e. The maximum atomic E-state index is 14.4. The van der Waals surface area contributed by atoms with E-state index in [1.165, 1.54) is 13.2 Å². The van der Waals surface area contributed by atoms with Crippen LogP contribution in [0.15, 0.2) is 54.7 Å². The second kappa shape index (κ2) is 8.67. The number of ether oxygens (including phenoxy) is 2. The Morgan fingerprint density at radius 2 is 1.93 bits per heavy atom. The summed E-state index contributed by atoms with van der Waals surface area (Å²) in [5.41, 5.74) is 2.94. The molecule has 0 radical (unpaired) electrons. The van der Waals surface area contributed by atoms with Crippen LogP contribution in [0.3, 0.4) is 0 Å². The summed E-state index contributed by atoms with van der Waals surface area (Å²) in [5.74, 6) is 0.181. The van der Waals surface area contributed by atoms with Gasteiger partial charge in [0.1, 0.15) is 23.3 Å². The van der Waals surface area contributed by atoms with Gasteiger partial charge in [-0.05, 0) is 55.8 Å². The van der Waals surface area contributed by atoms with Gasteiger partial charge in [-0.3, -0.25) is 9.69 Å². The lowest BCUT2D eigenvalue weighted by molar-refractivity contribution is -0.146. The average molecular weight is 409 g/mol. The summed E-state index contributed by atoms with van der Waals surface area (Å²) in [6.45, 7) is 1.32. The summed E-state index contributed by atoms with van der Waals surface area (Å²) < 4.78 is 26.2. The Labute approximate surface area is 174 Å². The highest BCUT2D eigenvalue weighted by molar-refractivity contribution is 5.76. The van der Waals surface area contributed by atoms with Crippen LogP contribution in [0.25, 0.3) is 16.9 Å². The van der Waals surface area contributed by atoms with Gasteiger partial charge in [0.05, 0.1) is 19.9 Å². The zero-order valence-electron chi connectivity index (χ0n) is 17.0. The molecule has 0 bridgehead atoms. The molecule has 0 unspecified atom stereocenters. The number of aromatic nitrogens is 2. The number of halogens is 1. The lowest BCUT2D eigenvalue weighted by Gasteiger charge is -2.22. The van der Waals surface area contributed by atoms with Gasteiger partial charge in [0.25, 0.3) is 0 Å². The first-order chi connectivity index (χ1) is 14.6. The lowest BCUT2D eigenvalue weighted by Crippen LogP contribution is -2.36. The fourth-order valence-electron chi connectivity index (χ4n) is 3.92. The van der Waals surface area contributed by atoms with Crippen LogP contribution < -0.4 is 4.74 Å². The topological polar surface area (TPSA) is 56.6 Å². The molecule has 1 atom stereocenters. The second-order valence-electron chi connectivity index (χ2n) is 7.28. The Bertz CT molecular complexity index is 1030. The third kappa shape index (κ3) is 3.93. The highest BCUT2D eigenvalue weighted by atomic mass is 19.1. The van der Waals surface area contributed by atoms with Crippen molar-refractivity contribution in [2.24, 2.45) is 0 Å². The monoisotopic (exact) mass is 409 g/mol. The van der Waals surface area contributed by atoms with E-state index >= 15 is 0 Å². The minimum absolute atomic E-state index is 0.222. The van der Waals surface area contributed by atoms with Crippen LogP contribution in [0.2, 0.25) is 0 Å². The summed E-state index contributed by atoms with van der Waals surface area (Å²) >= 11 is 0. The molecule has 4 rings (SSSR count). The number of carbonyl (C=O) groups excluding carboxylic acids is 1. The normalized spacial score (nSPS) is 16.6. The van der Waals surface area contributed by atoms with E-state index in [-0.39, 0.29) is 17.8 Å². The molecular weight excluding hydrogens is 385 g/mol. The average Bonchev–Trinajstić information content (AvgIpc) is 3.41. The van der Waals surface area contributed by atoms with Crippen LogP contribution in [0, 0.1) is 5.82 Å². The summed E-state index contributed by atoms with van der Waals surface area (Å²) in [6, 6.07) is 13.9. The fourth-order valence-corrected chi connectivity index (χ4v) is 3.92. The highest BCUT2D eigenvalue weighted by Gasteiger charge is 2.32. The van der Waals surface area contributed by atoms with E-state index in [0.29, 0.717) is 12.2 Å². The molecule has 0 spiro atoms. The third-order valence-corrected chi connectivity index (χ3v) is 5.46. The minimum Gasteiger partial charge on any atom is -0.497 e. The van der Waals surface area contributed by atoms with E-state index in [4.69, 9.17) is 14.6 Å². The molecule has 1 fully saturated rings. The molecule has 1 saturated heterocycles. The molecular formula is C23H24FN3O3. The zero-order valence-corrected chi connectivity index (χ0v) is 17.0. The number of hydrogen-bond donors (Lipinski definition) is 0. The van der Waals surface area contributed by atoms with Gasteiger partial charge in [-0.25, -0.2) is 9.07 Å². The Balaban J connectivity index is 1.73. The second-order valence-corrected chi connectivity index (χ2v) is 7.28. The highest BCUT2D eigenvalue weighted by Crippen LogP contribution is 2.29. The number of hydrogen-bond acceptors (Lipinski definition) is 5. The summed E-state index contributed by atoms with van der Waals surface area (Å²) in [6.07, 6.45) is 3.54. The molecule has 2 heterocycles. The van der Waals surface area contributed by atoms with Crippen molar-refractivity contribution in [3.63, 3.8) is 0 Å². The van der Waals surface area contributed by atoms with Gasteiger partial charge in [0.2, 0.25) is 0 Å². The molecule has 0 aliphatic carbocycles. The molecule has 1 aromatic heterocycles. The molecule has 3 aromatic rings. The van der Waals surface area contributed by atoms with Gasteiger partial charge in [0, 0.05) is 23.9 Å². The number of esters is 1. The third-order valence-electron chi connectivity index (χ3n) is 5.46. The largest absolute Gasteiger partial charge is 0.497 e. The van der Waals surface area contributed by atoms with E-state index in [9.17, 15) is 9.18 Å². The Morgan fingerprint density at radius 3 is 2.63 bits per heavy atom. The summed E-state index contributed by atoms with van der Waals surface area (Å²) in [7, 11) is 3.03. The molecule has 0 saturated carbocycles. The quantitative estimate of drug-likeness (QED) is 0.580. The van der Waals surface area contributed by atoms with Gasteiger partial charge in [-0.1, -0.05) is 12.1 Å². The van der Waals surface area contributed by atoms with Crippen molar-refractivity contribution < 1.29 is 18.7 Å². The number of benzene rings is 2. The molecule has 7 heteroatoms. The van der Waals surface area contributed by atoms with Crippen molar-refractivity contribution in [3.8, 4) is 22.7 Å². The number of likely N-dealkylation sites (tertiary alicyclic amines) is 1. The van der Waals surface area contributed by atoms with Crippen LogP contribution in [-0.2, 0) is 16.1 Å². The van der Waals surface area contributed by atoms with Crippen LogP contribution in [0.5, 0.6) is 5.75 Å². The van der Waals surface area contributed by atoms with Gasteiger partial charge in [0.15, 0.2) is 0 Å². The predicted octanol–water partition coefficient (Wildman–Crippen LogP) is 3.82. The van der Waals surface area contributed by atoms with E-state index in [0.717, 1.165) is 42.0 Å². The molecule has 1 aliphatic heterocycles. The first-order valence-electron chi connectivity index (χ1n) is 9.90. The first-order valence-corrected chi connectivity index (χ1v) is 9.90. The first kappa shape index (κ1) is 20.1. The van der Waals surface area contributed by atoms with E-state index in [1.807, 2.05) is 30.5 Å². The molecule has 6 nitrogen and oxygen atoms in total. The maximum absolute atomic E-state index is 14.4. The Hall–Kier alpha value is -3.19. The smallest absolute Gasteiger partial charge is 0.323 e. The standard InChI is InChI=1S/C23H24FN3O3/c1-29-18-11-9-16(10-12-18)22-17(14-26-13-5-8-21(26)23(28)30-2)15-27(25-22)20-7-4-3-6-19(20)24/h3-4,6-7,9-12,15,21H,5,8,13-14H2,1-2H3/t21-/m0/s1. The van der Waals surface area contributed by atoms with Crippen molar-refractivity contribution in [2.45, 2.75) is 25.4 Å². The molecule has 2 aromatic carbocycles. The molecule has 156 valence electrons. The number of nitrogens with zero attached hydrogens (tertiary/aromatic N) is 3. The Morgan fingerprint density at radius 1 is 1.17 bits per heavy atom. The molecule has 0 amide bonds. The Kier molecular flexibility index (Phi) is 5.81. The summed E-state index contributed by atoms with van der Waals surface area (Å²) in [4.78, 5) is 14.3. The van der Waals surface area contributed by atoms with Crippen LogP contribution in [0.4, 0.5) is 4.39 Å². The number of carbonyl (C=O) groups is 1. The van der Waals surface area contributed by atoms with Gasteiger partial charge < -0.3 is 9.47 Å². The van der Waals surface area contributed by atoms with E-state index in [1.54, 1.807) is 30.0 Å². The van der Waals surface area contributed by atoms with E-state index in [2.05, 4.69) is 4.90 Å².